The van der Waals surface area contributed by atoms with Gasteiger partial charge in [0.1, 0.15) is 36.6 Å². The van der Waals surface area contributed by atoms with Crippen LogP contribution in [-0.4, -0.2) is 110 Å². The number of hydrogen-bond donors (Lipinski definition) is 8. The Morgan fingerprint density at radius 3 is 1.35 bits per heavy atom. The van der Waals surface area contributed by atoms with E-state index in [0.717, 1.165) is 38.5 Å². The van der Waals surface area contributed by atoms with Crippen molar-refractivity contribution in [3.8, 4) is 0 Å². The monoisotopic (exact) mass is 900 g/mol. The van der Waals surface area contributed by atoms with Gasteiger partial charge >= 0.3 is 0 Å². The van der Waals surface area contributed by atoms with Crippen molar-refractivity contribution in [3.63, 3.8) is 0 Å². The second-order valence-electron chi connectivity index (χ2n) is 19.0. The first-order valence-electron chi connectivity index (χ1n) is 26.6. The molecule has 11 heteroatoms. The Balaban J connectivity index is 2.32. The van der Waals surface area contributed by atoms with Crippen LogP contribution in [0.3, 0.4) is 0 Å². The number of nitrogens with one attached hydrogen (secondary N) is 1. The Bertz CT molecular complexity index is 1030. The van der Waals surface area contributed by atoms with E-state index in [4.69, 9.17) is 9.47 Å². The minimum absolute atomic E-state index is 0.232. The Kier molecular flexibility index (Phi) is 40.1. The van der Waals surface area contributed by atoms with Crippen LogP contribution < -0.4 is 5.32 Å². The van der Waals surface area contributed by atoms with Gasteiger partial charge in [-0.1, -0.05) is 219 Å². The van der Waals surface area contributed by atoms with Gasteiger partial charge in [-0.2, -0.15) is 0 Å². The third-order valence-corrected chi connectivity index (χ3v) is 13.1. The topological polar surface area (TPSA) is 189 Å². The van der Waals surface area contributed by atoms with Crippen LogP contribution in [-0.2, 0) is 14.3 Å². The molecule has 1 fully saturated rings. The van der Waals surface area contributed by atoms with E-state index in [0.29, 0.717) is 19.3 Å². The highest BCUT2D eigenvalue weighted by Crippen LogP contribution is 2.23. The summed E-state index contributed by atoms with van der Waals surface area (Å²) >= 11 is 0. The van der Waals surface area contributed by atoms with Crippen molar-refractivity contribution < 1.29 is 50.0 Å². The van der Waals surface area contributed by atoms with Crippen molar-refractivity contribution in [3.05, 3.63) is 12.2 Å². The predicted octanol–water partition coefficient (Wildman–Crippen LogP) is 10.0. The van der Waals surface area contributed by atoms with E-state index in [9.17, 15) is 40.5 Å². The molecule has 1 saturated heterocycles. The SMILES string of the molecule is CCCCCCCC/C=C\CCCCC(O)C(=O)NC(COC1OC(CO)C(O)C(O)C1O)C(O)C(O)CCCCCCCCCCCCCCCCCCCCCCCCCC. The van der Waals surface area contributed by atoms with Gasteiger partial charge in [-0.25, -0.2) is 0 Å². The summed E-state index contributed by atoms with van der Waals surface area (Å²) < 4.78 is 11.1. The molecule has 8 N–H and O–H groups in total. The summed E-state index contributed by atoms with van der Waals surface area (Å²) in [5, 5.41) is 75.8. The minimum atomic E-state index is -1.66. The van der Waals surface area contributed by atoms with E-state index in [2.05, 4.69) is 31.3 Å². The highest BCUT2D eigenvalue weighted by Gasteiger charge is 2.44. The van der Waals surface area contributed by atoms with Crippen LogP contribution in [0.5, 0.6) is 0 Å². The molecular weight excluding hydrogens is 799 g/mol. The molecule has 1 amide bonds. The standard InChI is InChI=1S/C52H101NO10/c1-3-5-7-9-11-13-15-17-18-19-20-21-22-23-24-25-26-27-28-30-31-33-35-37-39-44(55)47(57)43(42-62-52-50(60)49(59)48(58)46(41-54)63-52)53-51(61)45(56)40-38-36-34-32-29-16-14-12-10-8-6-4-2/h29,32,43-50,52,54-60H,3-28,30-31,33-42H2,1-2H3,(H,53,61)/b32-29-. The average molecular weight is 900 g/mol. The van der Waals surface area contributed by atoms with Gasteiger partial charge in [-0.3, -0.25) is 4.79 Å². The Labute approximate surface area is 385 Å². The molecule has 0 spiro atoms. The normalized spacial score (nSPS) is 21.2. The third-order valence-electron chi connectivity index (χ3n) is 13.1. The summed E-state index contributed by atoms with van der Waals surface area (Å²) in [6.45, 7) is 3.44. The van der Waals surface area contributed by atoms with Gasteiger partial charge in [0.25, 0.3) is 0 Å². The van der Waals surface area contributed by atoms with Crippen LogP contribution in [0.2, 0.25) is 0 Å². The van der Waals surface area contributed by atoms with Gasteiger partial charge in [0.05, 0.1) is 25.4 Å². The largest absolute Gasteiger partial charge is 0.394 e. The van der Waals surface area contributed by atoms with Gasteiger partial charge in [0.2, 0.25) is 5.91 Å². The molecule has 9 unspecified atom stereocenters. The number of amides is 1. The lowest BCUT2D eigenvalue weighted by atomic mass is 9.98. The fourth-order valence-corrected chi connectivity index (χ4v) is 8.67. The summed E-state index contributed by atoms with van der Waals surface area (Å²) in [7, 11) is 0. The molecule has 9 atom stereocenters. The zero-order valence-electron chi connectivity index (χ0n) is 40.6. The Morgan fingerprint density at radius 2 is 0.921 bits per heavy atom. The van der Waals surface area contributed by atoms with Gasteiger partial charge in [-0.05, 0) is 38.5 Å². The highest BCUT2D eigenvalue weighted by atomic mass is 16.7. The molecule has 1 rings (SSSR count). The Morgan fingerprint density at radius 1 is 0.540 bits per heavy atom. The first kappa shape index (κ1) is 59.9. The molecule has 374 valence electrons. The highest BCUT2D eigenvalue weighted by molar-refractivity contribution is 5.80. The van der Waals surface area contributed by atoms with E-state index in [1.165, 1.54) is 167 Å². The minimum Gasteiger partial charge on any atom is -0.394 e. The van der Waals surface area contributed by atoms with Gasteiger partial charge < -0.3 is 50.5 Å². The summed E-state index contributed by atoms with van der Waals surface area (Å²) in [5.74, 6) is -0.711. The lowest BCUT2D eigenvalue weighted by Crippen LogP contribution is -2.60. The zero-order valence-corrected chi connectivity index (χ0v) is 40.6. The van der Waals surface area contributed by atoms with Crippen molar-refractivity contribution in [2.24, 2.45) is 0 Å². The molecule has 0 saturated carbocycles. The smallest absolute Gasteiger partial charge is 0.249 e. The lowest BCUT2D eigenvalue weighted by Gasteiger charge is -2.40. The second-order valence-corrected chi connectivity index (χ2v) is 19.0. The van der Waals surface area contributed by atoms with Gasteiger partial charge in [0.15, 0.2) is 6.29 Å². The van der Waals surface area contributed by atoms with Crippen LogP contribution in [0.25, 0.3) is 0 Å². The summed E-state index contributed by atoms with van der Waals surface area (Å²) in [5.41, 5.74) is 0. The predicted molar refractivity (Wildman–Crippen MR) is 256 cm³/mol. The number of aliphatic hydroxyl groups is 7. The molecule has 0 aromatic heterocycles. The first-order valence-corrected chi connectivity index (χ1v) is 26.6. The third kappa shape index (κ3) is 31.5. The maximum absolute atomic E-state index is 13.1. The van der Waals surface area contributed by atoms with Crippen molar-refractivity contribution in [1.82, 2.24) is 5.32 Å². The molecule has 0 aliphatic carbocycles. The van der Waals surface area contributed by atoms with Crippen LogP contribution in [0, 0.1) is 0 Å². The number of ether oxygens (including phenoxy) is 2. The number of carbonyl (C=O) groups excluding carboxylic acids is 1. The molecule has 0 radical (unpaired) electrons. The molecule has 11 nitrogen and oxygen atoms in total. The van der Waals surface area contributed by atoms with Crippen molar-refractivity contribution in [1.29, 1.82) is 0 Å². The van der Waals surface area contributed by atoms with E-state index in [1.54, 1.807) is 0 Å². The molecule has 0 aromatic carbocycles. The number of carbonyl (C=O) groups is 1. The molecule has 0 bridgehead atoms. The maximum atomic E-state index is 13.1. The number of allylic oxidation sites excluding steroid dienone is 2. The second kappa shape index (κ2) is 42.2. The quantitative estimate of drug-likeness (QED) is 0.0216. The first-order chi connectivity index (χ1) is 30.7. The molecule has 63 heavy (non-hydrogen) atoms. The number of unbranched alkanes of at least 4 members (excludes halogenated alkanes) is 31. The van der Waals surface area contributed by atoms with Gasteiger partial charge in [-0.15, -0.1) is 0 Å². The van der Waals surface area contributed by atoms with Crippen LogP contribution in [0.1, 0.15) is 245 Å². The number of rotatable bonds is 45. The lowest BCUT2D eigenvalue weighted by molar-refractivity contribution is -0.303. The fraction of sp³-hybridized carbons (Fsp3) is 0.942. The van der Waals surface area contributed by atoms with Gasteiger partial charge in [0, 0.05) is 0 Å². The van der Waals surface area contributed by atoms with Crippen LogP contribution in [0.4, 0.5) is 0 Å². The summed E-state index contributed by atoms with van der Waals surface area (Å²) in [6, 6.07) is -1.17. The molecule has 1 aliphatic rings. The fourth-order valence-electron chi connectivity index (χ4n) is 8.67. The molecular formula is C52H101NO10. The van der Waals surface area contributed by atoms with E-state index in [-0.39, 0.29) is 6.42 Å². The molecule has 1 aliphatic heterocycles. The van der Waals surface area contributed by atoms with E-state index in [1.807, 2.05) is 0 Å². The van der Waals surface area contributed by atoms with Crippen LogP contribution in [0.15, 0.2) is 12.2 Å². The van der Waals surface area contributed by atoms with Crippen molar-refractivity contribution in [2.75, 3.05) is 13.2 Å². The van der Waals surface area contributed by atoms with Crippen molar-refractivity contribution >= 4 is 5.91 Å². The van der Waals surface area contributed by atoms with E-state index >= 15 is 0 Å². The molecule has 0 aromatic rings. The van der Waals surface area contributed by atoms with Crippen molar-refractivity contribution in [2.45, 2.75) is 300 Å². The maximum Gasteiger partial charge on any atom is 0.249 e. The number of aliphatic hydroxyl groups excluding tert-OH is 7. The summed E-state index contributed by atoms with van der Waals surface area (Å²) in [4.78, 5) is 13.1. The van der Waals surface area contributed by atoms with E-state index < -0.39 is 74.2 Å². The zero-order chi connectivity index (χ0) is 46.2. The average Bonchev–Trinajstić information content (AvgIpc) is 3.28. The van der Waals surface area contributed by atoms with Crippen LogP contribution >= 0.6 is 0 Å². The summed E-state index contributed by atoms with van der Waals surface area (Å²) in [6.07, 6.45) is 35.6. The Hall–Kier alpha value is -1.15. The molecule has 1 heterocycles. The number of hydrogen-bond acceptors (Lipinski definition) is 10.